The largest absolute Gasteiger partial charge is 0.488 e. The number of hydrogen-bond donors (Lipinski definition) is 1. The van der Waals surface area contributed by atoms with E-state index in [1.54, 1.807) is 0 Å². The van der Waals surface area contributed by atoms with E-state index in [-0.39, 0.29) is 22.6 Å². The van der Waals surface area contributed by atoms with E-state index in [1.165, 1.54) is 17.8 Å². The molecule has 0 unspecified atom stereocenters. The summed E-state index contributed by atoms with van der Waals surface area (Å²) >= 11 is 7.10. The quantitative estimate of drug-likeness (QED) is 0.263. The zero-order valence-corrected chi connectivity index (χ0v) is 20.9. The molecule has 0 aromatic heterocycles. The van der Waals surface area contributed by atoms with E-state index < -0.39 is 5.97 Å². The van der Waals surface area contributed by atoms with Crippen LogP contribution >= 0.6 is 23.4 Å². The van der Waals surface area contributed by atoms with Gasteiger partial charge in [-0.2, -0.15) is 0 Å². The number of ether oxygens (including phenoxy) is 1. The monoisotopic (exact) mass is 487 g/mol. The van der Waals surface area contributed by atoms with Gasteiger partial charge in [-0.1, -0.05) is 63.0 Å². The number of thioether (sulfide) groups is 1. The molecule has 33 heavy (non-hydrogen) atoms. The Kier molecular flexibility index (Phi) is 9.62. The average molecular weight is 488 g/mol. The third-order valence-corrected chi connectivity index (χ3v) is 6.78. The van der Waals surface area contributed by atoms with Gasteiger partial charge in [0.15, 0.2) is 0 Å². The molecule has 7 heteroatoms. The van der Waals surface area contributed by atoms with E-state index >= 15 is 0 Å². The average Bonchev–Trinajstić information content (AvgIpc) is 3.10. The van der Waals surface area contributed by atoms with Gasteiger partial charge in [-0.3, -0.25) is 4.79 Å². The number of halogens is 1. The summed E-state index contributed by atoms with van der Waals surface area (Å²) in [6.07, 6.45) is 5.11. The summed E-state index contributed by atoms with van der Waals surface area (Å²) in [6.45, 7) is 18.3. The molecule has 1 amide bonds. The Bertz CT molecular complexity index is 1020. The number of carbonyl (C=O) groups is 2. The summed E-state index contributed by atoms with van der Waals surface area (Å²) in [5.41, 5.74) is 2.01. The van der Waals surface area contributed by atoms with Gasteiger partial charge >= 0.3 is 5.97 Å². The lowest BCUT2D eigenvalue weighted by atomic mass is 10.1. The maximum absolute atomic E-state index is 12.7. The third kappa shape index (κ3) is 6.65. The van der Waals surface area contributed by atoms with Crippen LogP contribution in [0.25, 0.3) is 0 Å². The van der Waals surface area contributed by atoms with Crippen molar-refractivity contribution in [3.8, 4) is 5.75 Å². The minimum Gasteiger partial charge on any atom is -0.488 e. The highest BCUT2D eigenvalue weighted by molar-refractivity contribution is 8.07. The van der Waals surface area contributed by atoms with Gasteiger partial charge in [0.1, 0.15) is 12.4 Å². The van der Waals surface area contributed by atoms with Gasteiger partial charge in [0.25, 0.3) is 5.91 Å². The van der Waals surface area contributed by atoms with Gasteiger partial charge < -0.3 is 14.7 Å². The van der Waals surface area contributed by atoms with Crippen molar-refractivity contribution in [3.63, 3.8) is 0 Å². The smallest absolute Gasteiger partial charge is 0.337 e. The van der Waals surface area contributed by atoms with Crippen LogP contribution in [0.5, 0.6) is 5.75 Å². The van der Waals surface area contributed by atoms with Gasteiger partial charge in [-0.05, 0) is 55.2 Å². The predicted octanol–water partition coefficient (Wildman–Crippen LogP) is 6.68. The maximum atomic E-state index is 12.7. The van der Waals surface area contributed by atoms with Crippen LogP contribution < -0.4 is 4.74 Å². The number of nitrogens with zero attached hydrogens (tertiary/aromatic N) is 1. The van der Waals surface area contributed by atoms with Crippen molar-refractivity contribution in [1.29, 1.82) is 0 Å². The van der Waals surface area contributed by atoms with Crippen molar-refractivity contribution in [1.82, 2.24) is 4.90 Å². The Morgan fingerprint density at radius 2 is 1.97 bits per heavy atom. The Labute approximate surface area is 205 Å². The minimum atomic E-state index is -1.18. The summed E-state index contributed by atoms with van der Waals surface area (Å²) in [5.74, 6) is -0.414. The number of allylic oxidation sites excluding steroid dienone is 3. The molecular weight excluding hydrogens is 458 g/mol. The molecule has 1 aliphatic heterocycles. The third-order valence-electron chi connectivity index (χ3n) is 5.45. The van der Waals surface area contributed by atoms with Crippen molar-refractivity contribution in [2.75, 3.05) is 6.61 Å². The molecule has 0 radical (unpaired) electrons. The highest BCUT2D eigenvalue weighted by atomic mass is 35.5. The minimum absolute atomic E-state index is 0.0751. The number of hydrogen-bond acceptors (Lipinski definition) is 4. The van der Waals surface area contributed by atoms with Crippen LogP contribution in [0.1, 0.15) is 49.5 Å². The first kappa shape index (κ1) is 26.6. The molecule has 1 aliphatic rings. The second kappa shape index (κ2) is 12.0. The number of carboxylic acid groups (broad SMARTS) is 1. The van der Waals surface area contributed by atoms with Crippen LogP contribution in [0.4, 0.5) is 0 Å². The molecule has 2 rings (SSSR count). The summed E-state index contributed by atoms with van der Waals surface area (Å²) in [5, 5.41) is 9.15. The molecule has 176 valence electrons. The SMILES string of the molecule is C=C(/C=C(\C(=C)Cl)C(=O)O)C(=C)S/C(=C\C)COc1ccc2c(c1)CN(C(CC)CC)C2=O. The Morgan fingerprint density at radius 1 is 1.30 bits per heavy atom. The first-order chi connectivity index (χ1) is 15.6. The molecule has 1 aromatic carbocycles. The second-order valence-electron chi connectivity index (χ2n) is 7.58. The first-order valence-electron chi connectivity index (χ1n) is 10.7. The van der Waals surface area contributed by atoms with Crippen molar-refractivity contribution >= 4 is 35.2 Å². The number of fused-ring (bicyclic) bond motifs is 1. The van der Waals surface area contributed by atoms with E-state index in [0.717, 1.165) is 28.9 Å². The fourth-order valence-electron chi connectivity index (χ4n) is 3.49. The van der Waals surface area contributed by atoms with Crippen LogP contribution in [-0.2, 0) is 11.3 Å². The predicted molar refractivity (Wildman–Crippen MR) is 137 cm³/mol. The zero-order chi connectivity index (χ0) is 24.7. The molecule has 0 fully saturated rings. The van der Waals surface area contributed by atoms with Crippen LogP contribution in [0.15, 0.2) is 76.1 Å². The van der Waals surface area contributed by atoms with Gasteiger partial charge in [-0.25, -0.2) is 4.79 Å². The van der Waals surface area contributed by atoms with Crippen molar-refractivity contribution in [2.45, 2.75) is 46.2 Å². The number of carboxylic acids is 1. The number of carbonyl (C=O) groups excluding carboxylic acids is 1. The normalized spacial score (nSPS) is 13.8. The number of aliphatic carboxylic acids is 1. The molecule has 0 atom stereocenters. The number of amides is 1. The van der Waals surface area contributed by atoms with Crippen LogP contribution in [-0.4, -0.2) is 34.5 Å². The lowest BCUT2D eigenvalue weighted by molar-refractivity contribution is -0.132. The van der Waals surface area contributed by atoms with Crippen LogP contribution in [0, 0.1) is 0 Å². The second-order valence-corrected chi connectivity index (χ2v) is 9.26. The summed E-state index contributed by atoms with van der Waals surface area (Å²) < 4.78 is 5.97. The molecule has 0 bridgehead atoms. The number of benzene rings is 1. The summed E-state index contributed by atoms with van der Waals surface area (Å²) in [7, 11) is 0. The van der Waals surface area contributed by atoms with E-state index in [2.05, 4.69) is 33.6 Å². The topological polar surface area (TPSA) is 66.8 Å². The standard InChI is InChI=1S/C26H30ClNO4S/c1-7-20(8-2)28-14-19-13-21(10-11-23(19)25(28)29)32-15-22(9-3)33-18(6)16(4)12-24(17(5)27)26(30)31/h9-13,20H,4-8,14-15H2,1-3H3,(H,30,31)/b22-9-,24-12+. The molecule has 5 nitrogen and oxygen atoms in total. The molecule has 0 saturated heterocycles. The first-order valence-corrected chi connectivity index (χ1v) is 11.9. The van der Waals surface area contributed by atoms with Crippen molar-refractivity contribution in [2.24, 2.45) is 0 Å². The molecule has 0 spiro atoms. The van der Waals surface area contributed by atoms with Crippen LogP contribution in [0.3, 0.4) is 0 Å². The zero-order valence-electron chi connectivity index (χ0n) is 19.3. The fraction of sp³-hybridized carbons (Fsp3) is 0.308. The molecule has 0 saturated carbocycles. The highest BCUT2D eigenvalue weighted by Gasteiger charge is 2.31. The summed E-state index contributed by atoms with van der Waals surface area (Å²) in [6, 6.07) is 5.81. The van der Waals surface area contributed by atoms with Gasteiger partial charge in [-0.15, -0.1) is 0 Å². The van der Waals surface area contributed by atoms with E-state index in [1.807, 2.05) is 36.1 Å². The van der Waals surface area contributed by atoms with E-state index in [0.29, 0.717) is 29.4 Å². The maximum Gasteiger partial charge on any atom is 0.337 e. The number of rotatable bonds is 12. The van der Waals surface area contributed by atoms with Gasteiger partial charge in [0.05, 0.1) is 5.57 Å². The molecule has 0 aliphatic carbocycles. The van der Waals surface area contributed by atoms with Gasteiger partial charge in [0, 0.05) is 33.0 Å². The highest BCUT2D eigenvalue weighted by Crippen LogP contribution is 2.33. The van der Waals surface area contributed by atoms with Crippen molar-refractivity contribution < 1.29 is 19.4 Å². The lowest BCUT2D eigenvalue weighted by Gasteiger charge is -2.25. The van der Waals surface area contributed by atoms with Crippen LogP contribution in [0.2, 0.25) is 0 Å². The Morgan fingerprint density at radius 3 is 2.52 bits per heavy atom. The van der Waals surface area contributed by atoms with Crippen molar-refractivity contribution in [3.05, 3.63) is 87.2 Å². The molecular formula is C26H30ClNO4S. The van der Waals surface area contributed by atoms with E-state index in [4.69, 9.17) is 16.3 Å². The molecule has 1 aromatic rings. The summed E-state index contributed by atoms with van der Waals surface area (Å²) in [4.78, 5) is 27.4. The Balaban J connectivity index is 2.03. The Hall–Kier alpha value is -2.70. The molecule has 1 N–H and O–H groups in total. The fourth-order valence-corrected chi connectivity index (χ4v) is 4.37. The van der Waals surface area contributed by atoms with E-state index in [9.17, 15) is 14.7 Å². The van der Waals surface area contributed by atoms with Gasteiger partial charge in [0.2, 0.25) is 0 Å². The molecule has 1 heterocycles. The lowest BCUT2D eigenvalue weighted by Crippen LogP contribution is -2.34.